The number of carbonyl (C=O) groups excluding carboxylic acids is 1. The molecule has 0 unspecified atom stereocenters. The molecule has 2 aromatic rings. The SMILES string of the molecule is CCOC(=O)c1ccn2ncnc(Cl)c12. The lowest BCUT2D eigenvalue weighted by molar-refractivity contribution is 0.0528. The molecule has 2 rings (SSSR count). The Morgan fingerprint density at radius 1 is 1.67 bits per heavy atom. The Kier molecular flexibility index (Phi) is 2.55. The van der Waals surface area contributed by atoms with Crippen LogP contribution in [0, 0.1) is 0 Å². The van der Waals surface area contributed by atoms with Gasteiger partial charge in [0, 0.05) is 6.20 Å². The fraction of sp³-hybridized carbons (Fsp3) is 0.222. The fourth-order valence-electron chi connectivity index (χ4n) is 1.29. The lowest BCUT2D eigenvalue weighted by Crippen LogP contribution is -2.05. The molecular weight excluding hydrogens is 218 g/mol. The second-order valence-electron chi connectivity index (χ2n) is 2.79. The van der Waals surface area contributed by atoms with Crippen LogP contribution in [0.2, 0.25) is 5.15 Å². The zero-order chi connectivity index (χ0) is 10.8. The number of hydrogen-bond donors (Lipinski definition) is 0. The predicted molar refractivity (Wildman–Crippen MR) is 54.0 cm³/mol. The third-order valence-corrected chi connectivity index (χ3v) is 2.18. The van der Waals surface area contributed by atoms with E-state index in [4.69, 9.17) is 16.3 Å². The van der Waals surface area contributed by atoms with Crippen molar-refractivity contribution in [2.75, 3.05) is 6.61 Å². The van der Waals surface area contributed by atoms with Crippen LogP contribution in [0.5, 0.6) is 0 Å². The van der Waals surface area contributed by atoms with Gasteiger partial charge in [-0.15, -0.1) is 0 Å². The Bertz CT molecular complexity index is 509. The molecule has 0 amide bonds. The molecule has 0 saturated heterocycles. The van der Waals surface area contributed by atoms with E-state index in [1.807, 2.05) is 0 Å². The van der Waals surface area contributed by atoms with Crippen molar-refractivity contribution in [2.24, 2.45) is 0 Å². The van der Waals surface area contributed by atoms with E-state index in [-0.39, 0.29) is 5.15 Å². The minimum atomic E-state index is -0.420. The van der Waals surface area contributed by atoms with Gasteiger partial charge in [-0.1, -0.05) is 11.6 Å². The van der Waals surface area contributed by atoms with Crippen molar-refractivity contribution in [1.82, 2.24) is 14.6 Å². The monoisotopic (exact) mass is 225 g/mol. The largest absolute Gasteiger partial charge is 0.462 e. The van der Waals surface area contributed by atoms with Crippen LogP contribution in [0.15, 0.2) is 18.6 Å². The van der Waals surface area contributed by atoms with E-state index in [9.17, 15) is 4.79 Å². The molecule has 0 aliphatic heterocycles. The van der Waals surface area contributed by atoms with E-state index in [2.05, 4.69) is 10.1 Å². The lowest BCUT2D eigenvalue weighted by atomic mass is 10.3. The van der Waals surface area contributed by atoms with Crippen molar-refractivity contribution in [3.63, 3.8) is 0 Å². The van der Waals surface area contributed by atoms with Crippen LogP contribution in [-0.4, -0.2) is 27.2 Å². The number of esters is 1. The molecule has 0 aliphatic carbocycles. The molecule has 0 bridgehead atoms. The van der Waals surface area contributed by atoms with Crippen LogP contribution in [0.3, 0.4) is 0 Å². The summed E-state index contributed by atoms with van der Waals surface area (Å²) in [6, 6.07) is 1.61. The van der Waals surface area contributed by atoms with Gasteiger partial charge in [-0.05, 0) is 13.0 Å². The average Bonchev–Trinajstić information content (AvgIpc) is 2.63. The van der Waals surface area contributed by atoms with Gasteiger partial charge in [0.1, 0.15) is 11.8 Å². The Morgan fingerprint density at radius 2 is 2.47 bits per heavy atom. The summed E-state index contributed by atoms with van der Waals surface area (Å²) in [5.41, 5.74) is 0.847. The van der Waals surface area contributed by atoms with E-state index in [0.29, 0.717) is 17.7 Å². The minimum absolute atomic E-state index is 0.234. The van der Waals surface area contributed by atoms with Crippen LogP contribution >= 0.6 is 11.6 Å². The molecule has 0 radical (unpaired) electrons. The van der Waals surface area contributed by atoms with Gasteiger partial charge in [0.2, 0.25) is 0 Å². The number of aromatic nitrogens is 3. The quantitative estimate of drug-likeness (QED) is 0.728. The van der Waals surface area contributed by atoms with E-state index >= 15 is 0 Å². The lowest BCUT2D eigenvalue weighted by Gasteiger charge is -2.00. The number of hydrogen-bond acceptors (Lipinski definition) is 4. The molecule has 0 spiro atoms. The predicted octanol–water partition coefficient (Wildman–Crippen LogP) is 1.56. The maximum absolute atomic E-state index is 11.5. The van der Waals surface area contributed by atoms with Gasteiger partial charge in [-0.25, -0.2) is 14.3 Å². The molecule has 0 atom stereocenters. The Balaban J connectivity index is 2.57. The maximum Gasteiger partial charge on any atom is 0.340 e. The molecular formula is C9H8ClN3O2. The average molecular weight is 226 g/mol. The van der Waals surface area contributed by atoms with Gasteiger partial charge < -0.3 is 4.74 Å². The normalized spacial score (nSPS) is 10.5. The first-order valence-corrected chi connectivity index (χ1v) is 4.76. The van der Waals surface area contributed by atoms with Crippen LogP contribution in [-0.2, 0) is 4.74 Å². The Morgan fingerprint density at radius 3 is 3.20 bits per heavy atom. The Labute approximate surface area is 90.6 Å². The number of carbonyl (C=O) groups is 1. The van der Waals surface area contributed by atoms with Crippen LogP contribution < -0.4 is 0 Å². The molecule has 15 heavy (non-hydrogen) atoms. The Hall–Kier alpha value is -1.62. The highest BCUT2D eigenvalue weighted by atomic mass is 35.5. The van der Waals surface area contributed by atoms with Crippen LogP contribution in [0.1, 0.15) is 17.3 Å². The van der Waals surface area contributed by atoms with E-state index < -0.39 is 5.97 Å². The second kappa shape index (κ2) is 3.86. The summed E-state index contributed by atoms with van der Waals surface area (Å²) >= 11 is 5.87. The van der Waals surface area contributed by atoms with Crippen molar-refractivity contribution < 1.29 is 9.53 Å². The minimum Gasteiger partial charge on any atom is -0.462 e. The van der Waals surface area contributed by atoms with Crippen molar-refractivity contribution in [3.8, 4) is 0 Å². The van der Waals surface area contributed by atoms with Gasteiger partial charge in [0.05, 0.1) is 12.2 Å². The first kappa shape index (κ1) is 9.92. The first-order chi connectivity index (χ1) is 7.24. The molecule has 6 heteroatoms. The fourth-order valence-corrected chi connectivity index (χ4v) is 1.52. The highest BCUT2D eigenvalue weighted by Gasteiger charge is 2.15. The molecule has 0 fully saturated rings. The summed E-state index contributed by atoms with van der Waals surface area (Å²) < 4.78 is 6.37. The highest BCUT2D eigenvalue weighted by molar-refractivity contribution is 6.33. The molecule has 2 aromatic heterocycles. The van der Waals surface area contributed by atoms with E-state index in [1.54, 1.807) is 19.2 Å². The van der Waals surface area contributed by atoms with Gasteiger partial charge >= 0.3 is 5.97 Å². The van der Waals surface area contributed by atoms with Gasteiger partial charge in [-0.3, -0.25) is 0 Å². The summed E-state index contributed by atoms with van der Waals surface area (Å²) in [5.74, 6) is -0.420. The van der Waals surface area contributed by atoms with Crippen molar-refractivity contribution in [2.45, 2.75) is 6.92 Å². The van der Waals surface area contributed by atoms with Crippen LogP contribution in [0.25, 0.3) is 5.52 Å². The van der Waals surface area contributed by atoms with Gasteiger partial charge in [0.15, 0.2) is 5.15 Å². The molecule has 0 N–H and O–H groups in total. The van der Waals surface area contributed by atoms with E-state index in [1.165, 1.54) is 10.8 Å². The van der Waals surface area contributed by atoms with Crippen molar-refractivity contribution in [1.29, 1.82) is 0 Å². The maximum atomic E-state index is 11.5. The smallest absolute Gasteiger partial charge is 0.340 e. The molecule has 0 aromatic carbocycles. The summed E-state index contributed by atoms with van der Waals surface area (Å²) in [4.78, 5) is 15.3. The second-order valence-corrected chi connectivity index (χ2v) is 3.15. The summed E-state index contributed by atoms with van der Waals surface area (Å²) in [5, 5.41) is 4.15. The number of rotatable bonds is 2. The summed E-state index contributed by atoms with van der Waals surface area (Å²) in [6.45, 7) is 2.07. The molecule has 2 heterocycles. The van der Waals surface area contributed by atoms with Crippen LogP contribution in [0.4, 0.5) is 0 Å². The van der Waals surface area contributed by atoms with Gasteiger partial charge in [-0.2, -0.15) is 5.10 Å². The number of nitrogens with zero attached hydrogens (tertiary/aromatic N) is 3. The zero-order valence-corrected chi connectivity index (χ0v) is 8.73. The first-order valence-electron chi connectivity index (χ1n) is 4.39. The summed E-state index contributed by atoms with van der Waals surface area (Å²) in [6.07, 6.45) is 2.96. The number of fused-ring (bicyclic) bond motifs is 1. The molecule has 0 aliphatic rings. The molecule has 5 nitrogen and oxygen atoms in total. The molecule has 0 saturated carbocycles. The number of ether oxygens (including phenoxy) is 1. The zero-order valence-electron chi connectivity index (χ0n) is 7.98. The van der Waals surface area contributed by atoms with Crippen molar-refractivity contribution in [3.05, 3.63) is 29.3 Å². The van der Waals surface area contributed by atoms with Gasteiger partial charge in [0.25, 0.3) is 0 Å². The third kappa shape index (κ3) is 1.66. The third-order valence-electron chi connectivity index (χ3n) is 1.90. The van der Waals surface area contributed by atoms with Crippen molar-refractivity contribution >= 4 is 23.1 Å². The summed E-state index contributed by atoms with van der Waals surface area (Å²) in [7, 11) is 0. The highest BCUT2D eigenvalue weighted by Crippen LogP contribution is 2.19. The topological polar surface area (TPSA) is 56.5 Å². The van der Waals surface area contributed by atoms with E-state index in [0.717, 1.165) is 0 Å². The standard InChI is InChI=1S/C9H8ClN3O2/c1-2-15-9(14)6-3-4-13-7(6)8(10)11-5-12-13/h3-5H,2H2,1H3. The number of halogens is 1. The molecule has 78 valence electrons.